The second-order valence-electron chi connectivity index (χ2n) is 4.37. The number of rotatable bonds is 9. The molecule has 0 aromatic heterocycles. The fourth-order valence-electron chi connectivity index (χ4n) is 1.51. The Labute approximate surface area is 105 Å². The van der Waals surface area contributed by atoms with Gasteiger partial charge in [-0.3, -0.25) is 0 Å². The van der Waals surface area contributed by atoms with E-state index in [9.17, 15) is 8.42 Å². The van der Waals surface area contributed by atoms with Crippen molar-refractivity contribution in [2.24, 2.45) is 5.92 Å². The van der Waals surface area contributed by atoms with E-state index < -0.39 is 9.84 Å². The average Bonchev–Trinajstić information content (AvgIpc) is 2.22. The minimum Gasteiger partial charge on any atom is -0.314 e. The van der Waals surface area contributed by atoms with E-state index in [0.29, 0.717) is 24.3 Å². The lowest BCUT2D eigenvalue weighted by atomic mass is 10.0. The Morgan fingerprint density at radius 2 is 1.94 bits per heavy atom. The molecule has 5 heteroatoms. The van der Waals surface area contributed by atoms with Gasteiger partial charge in [-0.2, -0.15) is 0 Å². The van der Waals surface area contributed by atoms with Gasteiger partial charge in [0.2, 0.25) is 0 Å². The third-order valence-corrected chi connectivity index (χ3v) is 4.71. The van der Waals surface area contributed by atoms with E-state index in [0.717, 1.165) is 13.0 Å². The molecule has 0 heterocycles. The molecule has 0 aliphatic heterocycles. The topological polar surface area (TPSA) is 46.2 Å². The Balaban J connectivity index is 3.79. The summed E-state index contributed by atoms with van der Waals surface area (Å²) in [6.07, 6.45) is 1.61. The fraction of sp³-hybridized carbons (Fsp3) is 1.00. The van der Waals surface area contributed by atoms with E-state index >= 15 is 0 Å². The van der Waals surface area contributed by atoms with Crippen molar-refractivity contribution in [2.45, 2.75) is 39.7 Å². The quantitative estimate of drug-likeness (QED) is 0.515. The summed E-state index contributed by atoms with van der Waals surface area (Å²) in [5, 5.41) is 3.37. The molecule has 98 valence electrons. The Hall–Kier alpha value is 0.200. The zero-order valence-corrected chi connectivity index (χ0v) is 12.1. The van der Waals surface area contributed by atoms with E-state index in [1.54, 1.807) is 6.92 Å². The number of nitrogens with one attached hydrogen (secondary N) is 1. The van der Waals surface area contributed by atoms with Gasteiger partial charge in [0.05, 0.1) is 5.75 Å². The zero-order valence-electron chi connectivity index (χ0n) is 10.5. The van der Waals surface area contributed by atoms with Crippen LogP contribution in [-0.2, 0) is 9.84 Å². The van der Waals surface area contributed by atoms with Crippen molar-refractivity contribution in [1.82, 2.24) is 5.32 Å². The lowest BCUT2D eigenvalue weighted by Crippen LogP contribution is -2.35. The molecule has 0 aromatic rings. The van der Waals surface area contributed by atoms with E-state index in [4.69, 9.17) is 11.6 Å². The average molecular weight is 270 g/mol. The lowest BCUT2D eigenvalue weighted by Gasteiger charge is -2.21. The molecule has 1 N–H and O–H groups in total. The van der Waals surface area contributed by atoms with E-state index in [1.165, 1.54) is 0 Å². The van der Waals surface area contributed by atoms with Gasteiger partial charge in [-0.05, 0) is 25.3 Å². The molecule has 0 fully saturated rings. The number of hydrogen-bond acceptors (Lipinski definition) is 3. The molecule has 0 bridgehead atoms. The second-order valence-corrected chi connectivity index (χ2v) is 7.22. The maximum absolute atomic E-state index is 11.3. The van der Waals surface area contributed by atoms with Crippen molar-refractivity contribution in [3.05, 3.63) is 0 Å². The van der Waals surface area contributed by atoms with Crippen LogP contribution >= 0.6 is 11.6 Å². The third kappa shape index (κ3) is 7.47. The van der Waals surface area contributed by atoms with Gasteiger partial charge in [0.25, 0.3) is 0 Å². The zero-order chi connectivity index (χ0) is 12.6. The molecule has 16 heavy (non-hydrogen) atoms. The first-order valence-corrected chi connectivity index (χ1v) is 8.28. The molecule has 0 aliphatic carbocycles. The van der Waals surface area contributed by atoms with Crippen LogP contribution in [0.1, 0.15) is 33.6 Å². The van der Waals surface area contributed by atoms with Gasteiger partial charge >= 0.3 is 0 Å². The van der Waals surface area contributed by atoms with Gasteiger partial charge in [-0.1, -0.05) is 20.8 Å². The Morgan fingerprint density at radius 1 is 1.31 bits per heavy atom. The van der Waals surface area contributed by atoms with Crippen LogP contribution in [-0.4, -0.2) is 38.4 Å². The number of hydrogen-bond donors (Lipinski definition) is 1. The van der Waals surface area contributed by atoms with Crippen LogP contribution < -0.4 is 5.32 Å². The molecule has 0 rings (SSSR count). The van der Waals surface area contributed by atoms with Crippen molar-refractivity contribution >= 4 is 21.4 Å². The van der Waals surface area contributed by atoms with Crippen molar-refractivity contribution in [3.8, 4) is 0 Å². The van der Waals surface area contributed by atoms with Crippen LogP contribution in [0.15, 0.2) is 0 Å². The molecule has 1 unspecified atom stereocenters. The van der Waals surface area contributed by atoms with Gasteiger partial charge in [0.15, 0.2) is 0 Å². The molecule has 0 aromatic carbocycles. The summed E-state index contributed by atoms with van der Waals surface area (Å²) in [6, 6.07) is 0.391. The Kier molecular flexibility index (Phi) is 8.42. The smallest absolute Gasteiger partial charge is 0.150 e. The predicted molar refractivity (Wildman–Crippen MR) is 70.9 cm³/mol. The molecule has 1 atom stereocenters. The predicted octanol–water partition coefficient (Wildman–Crippen LogP) is 2.05. The molecule has 0 amide bonds. The molecular formula is C11H24ClNO2S. The van der Waals surface area contributed by atoms with E-state index in [1.807, 2.05) is 0 Å². The standard InChI is InChI=1S/C11H24ClNO2S/c1-4-16(14,15)9-5-8-13-11(6-7-12)10(2)3/h10-11,13H,4-9H2,1-3H3. The minimum atomic E-state index is -2.82. The summed E-state index contributed by atoms with van der Waals surface area (Å²) in [7, 11) is -2.82. The van der Waals surface area contributed by atoms with Crippen LogP contribution in [0.4, 0.5) is 0 Å². The third-order valence-electron chi connectivity index (χ3n) is 2.70. The summed E-state index contributed by atoms with van der Waals surface area (Å²) < 4.78 is 22.5. The van der Waals surface area contributed by atoms with Crippen LogP contribution in [0.5, 0.6) is 0 Å². The second kappa shape index (κ2) is 8.31. The monoisotopic (exact) mass is 269 g/mol. The SMILES string of the molecule is CCS(=O)(=O)CCCNC(CCCl)C(C)C. The largest absolute Gasteiger partial charge is 0.314 e. The van der Waals surface area contributed by atoms with Crippen molar-refractivity contribution in [3.63, 3.8) is 0 Å². The number of halogens is 1. The summed E-state index contributed by atoms with van der Waals surface area (Å²) in [5.74, 6) is 1.69. The van der Waals surface area contributed by atoms with Gasteiger partial charge < -0.3 is 5.32 Å². The number of sulfone groups is 1. The van der Waals surface area contributed by atoms with Crippen LogP contribution in [0.2, 0.25) is 0 Å². The Bertz CT molecular complexity index is 265. The summed E-state index contributed by atoms with van der Waals surface area (Å²) in [6.45, 7) is 6.73. The molecule has 0 aliphatic rings. The highest BCUT2D eigenvalue weighted by molar-refractivity contribution is 7.91. The Morgan fingerprint density at radius 3 is 2.38 bits per heavy atom. The first kappa shape index (κ1) is 16.2. The van der Waals surface area contributed by atoms with Crippen LogP contribution in [0.25, 0.3) is 0 Å². The van der Waals surface area contributed by atoms with E-state index in [2.05, 4.69) is 19.2 Å². The summed E-state index contributed by atoms with van der Waals surface area (Å²) >= 11 is 5.71. The van der Waals surface area contributed by atoms with Crippen molar-refractivity contribution in [2.75, 3.05) is 23.9 Å². The molecule has 3 nitrogen and oxygen atoms in total. The highest BCUT2D eigenvalue weighted by Gasteiger charge is 2.12. The first-order valence-electron chi connectivity index (χ1n) is 5.92. The lowest BCUT2D eigenvalue weighted by molar-refractivity contribution is 0.391. The number of alkyl halides is 1. The summed E-state index contributed by atoms with van der Waals surface area (Å²) in [5.41, 5.74) is 0. The van der Waals surface area contributed by atoms with Crippen LogP contribution in [0, 0.1) is 5.92 Å². The van der Waals surface area contributed by atoms with Crippen LogP contribution in [0.3, 0.4) is 0 Å². The molecule has 0 radical (unpaired) electrons. The molecule has 0 spiro atoms. The van der Waals surface area contributed by atoms with E-state index in [-0.39, 0.29) is 11.5 Å². The highest BCUT2D eigenvalue weighted by Crippen LogP contribution is 2.07. The first-order chi connectivity index (χ1) is 7.43. The van der Waals surface area contributed by atoms with Crippen molar-refractivity contribution < 1.29 is 8.42 Å². The van der Waals surface area contributed by atoms with Crippen molar-refractivity contribution in [1.29, 1.82) is 0 Å². The molecule has 0 saturated heterocycles. The molecule has 0 saturated carbocycles. The minimum absolute atomic E-state index is 0.238. The van der Waals surface area contributed by atoms with Gasteiger partial charge in [-0.25, -0.2) is 8.42 Å². The van der Waals surface area contributed by atoms with Gasteiger partial charge in [-0.15, -0.1) is 11.6 Å². The van der Waals surface area contributed by atoms with Gasteiger partial charge in [0.1, 0.15) is 9.84 Å². The summed E-state index contributed by atoms with van der Waals surface area (Å²) in [4.78, 5) is 0. The normalized spacial score (nSPS) is 14.3. The maximum Gasteiger partial charge on any atom is 0.150 e. The fourth-order valence-corrected chi connectivity index (χ4v) is 2.62. The highest BCUT2D eigenvalue weighted by atomic mass is 35.5. The molecular weight excluding hydrogens is 246 g/mol. The van der Waals surface area contributed by atoms with Gasteiger partial charge in [0, 0.05) is 17.7 Å². The maximum atomic E-state index is 11.3.